The van der Waals surface area contributed by atoms with Gasteiger partial charge in [0.25, 0.3) is 0 Å². The zero-order valence-electron chi connectivity index (χ0n) is 10.5. The average molecular weight is 332 g/mol. The average Bonchev–Trinajstić information content (AvgIpc) is 2.42. The van der Waals surface area contributed by atoms with Crippen molar-refractivity contribution in [1.29, 1.82) is 0 Å². The third-order valence-electron chi connectivity index (χ3n) is 2.72. The van der Waals surface area contributed by atoms with Gasteiger partial charge in [0.2, 0.25) is 0 Å². The summed E-state index contributed by atoms with van der Waals surface area (Å²) in [7, 11) is 0. The number of hydrogen-bond acceptors (Lipinski definition) is 3. The summed E-state index contributed by atoms with van der Waals surface area (Å²) in [5.74, 6) is -3.00. The molecule has 0 amide bonds. The Hall–Kier alpha value is -1.85. The van der Waals surface area contributed by atoms with Crippen LogP contribution in [0.5, 0.6) is 0 Å². The van der Waals surface area contributed by atoms with Crippen molar-refractivity contribution in [1.82, 2.24) is 0 Å². The molecule has 0 aliphatic heterocycles. The molecule has 2 N–H and O–H groups in total. The fourth-order valence-electron chi connectivity index (χ4n) is 1.61. The molecule has 0 saturated carbocycles. The van der Waals surface area contributed by atoms with Gasteiger partial charge < -0.3 is 10.5 Å². The Labute approximate surface area is 129 Å². The fourth-order valence-corrected chi connectivity index (χ4v) is 2.11. The van der Waals surface area contributed by atoms with E-state index in [1.165, 1.54) is 0 Å². The predicted molar refractivity (Wildman–Crippen MR) is 76.4 cm³/mol. The number of ether oxygens (including phenoxy) is 1. The highest BCUT2D eigenvalue weighted by atomic mass is 35.5. The van der Waals surface area contributed by atoms with Crippen molar-refractivity contribution in [3.8, 4) is 0 Å². The molecule has 2 aromatic carbocycles. The Bertz CT molecular complexity index is 687. The van der Waals surface area contributed by atoms with Crippen LogP contribution in [0.15, 0.2) is 30.3 Å². The number of nitrogens with two attached hydrogens (primary N) is 1. The number of carbonyl (C=O) groups is 1. The van der Waals surface area contributed by atoms with Crippen LogP contribution >= 0.6 is 23.2 Å². The van der Waals surface area contributed by atoms with Crippen LogP contribution in [0.3, 0.4) is 0 Å². The molecule has 0 radical (unpaired) electrons. The van der Waals surface area contributed by atoms with Crippen LogP contribution in [-0.2, 0) is 11.3 Å². The minimum absolute atomic E-state index is 0.242. The van der Waals surface area contributed by atoms with Gasteiger partial charge >= 0.3 is 5.97 Å². The number of rotatable bonds is 3. The van der Waals surface area contributed by atoms with Crippen LogP contribution in [0.1, 0.15) is 15.9 Å². The van der Waals surface area contributed by atoms with Gasteiger partial charge in [-0.1, -0.05) is 29.3 Å². The van der Waals surface area contributed by atoms with Crippen LogP contribution in [0.4, 0.5) is 14.5 Å². The Morgan fingerprint density at radius 3 is 2.38 bits per heavy atom. The molecular formula is C14H9Cl2F2NO2. The molecule has 2 rings (SSSR count). The van der Waals surface area contributed by atoms with Gasteiger partial charge in [0.15, 0.2) is 0 Å². The van der Waals surface area contributed by atoms with E-state index in [9.17, 15) is 13.6 Å². The number of nitrogen functional groups attached to an aromatic ring is 1. The van der Waals surface area contributed by atoms with Gasteiger partial charge in [0.05, 0.1) is 11.3 Å². The van der Waals surface area contributed by atoms with Crippen molar-refractivity contribution in [2.24, 2.45) is 0 Å². The highest BCUT2D eigenvalue weighted by Crippen LogP contribution is 2.25. The van der Waals surface area contributed by atoms with Gasteiger partial charge in [-0.3, -0.25) is 0 Å². The van der Waals surface area contributed by atoms with E-state index in [4.69, 9.17) is 33.7 Å². The Kier molecular flexibility index (Phi) is 4.65. The second-order valence-corrected chi connectivity index (χ2v) is 4.94. The first kappa shape index (κ1) is 15.5. The van der Waals surface area contributed by atoms with Crippen LogP contribution < -0.4 is 5.73 Å². The van der Waals surface area contributed by atoms with Crippen LogP contribution in [-0.4, -0.2) is 5.97 Å². The lowest BCUT2D eigenvalue weighted by molar-refractivity contribution is 0.0467. The minimum Gasteiger partial charge on any atom is -0.457 e. The van der Waals surface area contributed by atoms with E-state index in [1.807, 2.05) is 0 Å². The summed E-state index contributed by atoms with van der Waals surface area (Å²) in [5, 5.41) is 0.629. The molecule has 0 spiro atoms. The van der Waals surface area contributed by atoms with Gasteiger partial charge in [-0.25, -0.2) is 13.6 Å². The Morgan fingerprint density at radius 1 is 1.14 bits per heavy atom. The van der Waals surface area contributed by atoms with Crippen molar-refractivity contribution in [2.45, 2.75) is 6.61 Å². The first-order valence-corrected chi connectivity index (χ1v) is 6.50. The Morgan fingerprint density at radius 2 is 1.76 bits per heavy atom. The number of carbonyl (C=O) groups excluding carboxylic acids is 1. The maximum Gasteiger partial charge on any atom is 0.341 e. The minimum atomic E-state index is -1.06. The molecule has 3 nitrogen and oxygen atoms in total. The van der Waals surface area contributed by atoms with Crippen LogP contribution in [0, 0.1) is 11.6 Å². The van der Waals surface area contributed by atoms with E-state index >= 15 is 0 Å². The first-order chi connectivity index (χ1) is 9.90. The van der Waals surface area contributed by atoms with Crippen molar-refractivity contribution >= 4 is 34.9 Å². The fraction of sp³-hybridized carbons (Fsp3) is 0.0714. The second kappa shape index (κ2) is 6.28. The highest BCUT2D eigenvalue weighted by molar-refractivity contribution is 6.35. The van der Waals surface area contributed by atoms with Gasteiger partial charge in [0.1, 0.15) is 18.2 Å². The summed E-state index contributed by atoms with van der Waals surface area (Å²) in [6.07, 6.45) is 0. The third kappa shape index (κ3) is 3.43. The second-order valence-electron chi connectivity index (χ2n) is 4.13. The molecule has 0 fully saturated rings. The molecular weight excluding hydrogens is 323 g/mol. The zero-order valence-corrected chi connectivity index (χ0v) is 12.0. The summed E-state index contributed by atoms with van der Waals surface area (Å²) >= 11 is 11.8. The molecule has 0 aromatic heterocycles. The van der Waals surface area contributed by atoms with Crippen LogP contribution in [0.2, 0.25) is 10.0 Å². The van der Waals surface area contributed by atoms with Gasteiger partial charge in [-0.15, -0.1) is 0 Å². The van der Waals surface area contributed by atoms with E-state index < -0.39 is 23.2 Å². The lowest BCUT2D eigenvalue weighted by Gasteiger charge is -2.09. The molecule has 0 bridgehead atoms. The van der Waals surface area contributed by atoms with E-state index in [2.05, 4.69) is 0 Å². The predicted octanol–water partition coefficient (Wildman–Crippen LogP) is 4.21. The highest BCUT2D eigenvalue weighted by Gasteiger charge is 2.17. The molecule has 2 aromatic rings. The zero-order chi connectivity index (χ0) is 15.6. The van der Waals surface area contributed by atoms with E-state index in [-0.39, 0.29) is 12.3 Å². The van der Waals surface area contributed by atoms with E-state index in [0.717, 1.165) is 6.07 Å². The molecule has 0 heterocycles. The molecule has 7 heteroatoms. The number of anilines is 1. The summed E-state index contributed by atoms with van der Waals surface area (Å²) in [5.41, 5.74) is 4.88. The van der Waals surface area contributed by atoms with Gasteiger partial charge in [0, 0.05) is 21.7 Å². The summed E-state index contributed by atoms with van der Waals surface area (Å²) in [4.78, 5) is 11.8. The third-order valence-corrected chi connectivity index (χ3v) is 3.42. The molecule has 0 aliphatic carbocycles. The number of esters is 1. The largest absolute Gasteiger partial charge is 0.457 e. The summed E-state index contributed by atoms with van der Waals surface area (Å²) in [6.45, 7) is -0.242. The normalized spacial score (nSPS) is 10.5. The van der Waals surface area contributed by atoms with Crippen molar-refractivity contribution in [3.63, 3.8) is 0 Å². The quantitative estimate of drug-likeness (QED) is 0.677. The van der Waals surface area contributed by atoms with Gasteiger partial charge in [-0.05, 0) is 18.2 Å². The number of hydrogen-bond donors (Lipinski definition) is 1. The van der Waals surface area contributed by atoms with Crippen molar-refractivity contribution < 1.29 is 18.3 Å². The van der Waals surface area contributed by atoms with Crippen LogP contribution in [0.25, 0.3) is 0 Å². The molecule has 0 unspecified atom stereocenters. The van der Waals surface area contributed by atoms with E-state index in [0.29, 0.717) is 21.7 Å². The lowest BCUT2D eigenvalue weighted by atomic mass is 10.2. The molecule has 110 valence electrons. The monoisotopic (exact) mass is 331 g/mol. The Balaban J connectivity index is 2.18. The van der Waals surface area contributed by atoms with Gasteiger partial charge in [-0.2, -0.15) is 0 Å². The maximum atomic E-state index is 13.5. The van der Waals surface area contributed by atoms with Crippen molar-refractivity contribution in [2.75, 3.05) is 5.73 Å². The molecule has 21 heavy (non-hydrogen) atoms. The number of benzene rings is 2. The summed E-state index contributed by atoms with van der Waals surface area (Å²) < 4.78 is 31.5. The molecule has 0 atom stereocenters. The smallest absolute Gasteiger partial charge is 0.341 e. The molecule has 0 saturated heterocycles. The maximum absolute atomic E-state index is 13.5. The van der Waals surface area contributed by atoms with Crippen molar-refractivity contribution in [3.05, 3.63) is 63.1 Å². The topological polar surface area (TPSA) is 52.3 Å². The summed E-state index contributed by atoms with van der Waals surface area (Å²) in [6, 6.07) is 6.19. The van der Waals surface area contributed by atoms with E-state index in [1.54, 1.807) is 18.2 Å². The lowest BCUT2D eigenvalue weighted by Crippen LogP contribution is -2.09. The standard InChI is InChI=1S/C14H9Cl2F2NO2/c15-9-2-1-3-10(16)8(9)6-21-14(20)7-4-13(19)12(18)5-11(7)17/h1-5H,6,19H2. The SMILES string of the molecule is Nc1cc(C(=O)OCc2c(Cl)cccc2Cl)c(F)cc1F. The first-order valence-electron chi connectivity index (χ1n) is 5.74. The molecule has 0 aliphatic rings. The number of halogens is 4.